The molecular formula is C14H12Br3NO. The summed E-state index contributed by atoms with van der Waals surface area (Å²) in [6.07, 6.45) is 0. The van der Waals surface area contributed by atoms with Crippen LogP contribution in [0.25, 0.3) is 0 Å². The summed E-state index contributed by atoms with van der Waals surface area (Å²) in [6.45, 7) is 2.59. The smallest absolute Gasteiger partial charge is 0.134 e. The van der Waals surface area contributed by atoms with E-state index in [0.29, 0.717) is 11.0 Å². The number of benzene rings is 2. The van der Waals surface area contributed by atoms with Gasteiger partial charge in [-0.3, -0.25) is 0 Å². The van der Waals surface area contributed by atoms with E-state index in [-0.39, 0.29) is 5.75 Å². The number of aryl methyl sites for hydroxylation is 1. The highest BCUT2D eigenvalue weighted by molar-refractivity contribution is 9.11. The number of phenolic OH excluding ortho intramolecular Hbond substituents is 1. The lowest BCUT2D eigenvalue weighted by atomic mass is 10.2. The zero-order valence-electron chi connectivity index (χ0n) is 10.2. The predicted octanol–water partition coefficient (Wildman–Crippen LogP) is 5.60. The van der Waals surface area contributed by atoms with Gasteiger partial charge in [0.1, 0.15) is 5.75 Å². The second-order valence-corrected chi connectivity index (χ2v) is 6.77. The largest absolute Gasteiger partial charge is 0.506 e. The molecule has 0 saturated heterocycles. The molecule has 0 aliphatic carbocycles. The topological polar surface area (TPSA) is 32.3 Å². The molecule has 0 heterocycles. The summed E-state index contributed by atoms with van der Waals surface area (Å²) in [6, 6.07) is 9.71. The lowest BCUT2D eigenvalue weighted by Crippen LogP contribution is -2.01. The first kappa shape index (κ1) is 14.9. The van der Waals surface area contributed by atoms with Crippen molar-refractivity contribution in [3.05, 3.63) is 54.9 Å². The fourth-order valence-electron chi connectivity index (χ4n) is 1.75. The number of hydrogen-bond acceptors (Lipinski definition) is 2. The molecule has 2 aromatic rings. The zero-order chi connectivity index (χ0) is 14.0. The van der Waals surface area contributed by atoms with Crippen molar-refractivity contribution in [2.75, 3.05) is 5.32 Å². The Kier molecular flexibility index (Phi) is 4.92. The molecule has 0 atom stereocenters. The third-order valence-electron chi connectivity index (χ3n) is 2.71. The van der Waals surface area contributed by atoms with Gasteiger partial charge in [-0.05, 0) is 78.5 Å². The zero-order valence-corrected chi connectivity index (χ0v) is 14.9. The van der Waals surface area contributed by atoms with Crippen LogP contribution in [0.2, 0.25) is 0 Å². The molecule has 0 amide bonds. The molecule has 2 aromatic carbocycles. The number of halogens is 3. The molecule has 100 valence electrons. The summed E-state index contributed by atoms with van der Waals surface area (Å²) in [5, 5.41) is 13.3. The monoisotopic (exact) mass is 447 g/mol. The van der Waals surface area contributed by atoms with E-state index in [9.17, 15) is 5.11 Å². The molecule has 0 bridgehead atoms. The summed E-state index contributed by atoms with van der Waals surface area (Å²) >= 11 is 10.4. The van der Waals surface area contributed by atoms with E-state index in [1.807, 2.05) is 37.3 Å². The van der Waals surface area contributed by atoms with Gasteiger partial charge in [-0.25, -0.2) is 0 Å². The molecular weight excluding hydrogens is 438 g/mol. The van der Waals surface area contributed by atoms with Crippen LogP contribution in [0.4, 0.5) is 5.69 Å². The Hall–Kier alpha value is -0.520. The van der Waals surface area contributed by atoms with Crippen LogP contribution < -0.4 is 5.32 Å². The van der Waals surface area contributed by atoms with Crippen LogP contribution in [0.1, 0.15) is 11.1 Å². The van der Waals surface area contributed by atoms with Gasteiger partial charge in [0, 0.05) is 21.1 Å². The van der Waals surface area contributed by atoms with Gasteiger partial charge in [-0.2, -0.15) is 0 Å². The lowest BCUT2D eigenvalue weighted by Gasteiger charge is -2.13. The first-order valence-corrected chi connectivity index (χ1v) is 8.03. The van der Waals surface area contributed by atoms with Crippen molar-refractivity contribution in [1.82, 2.24) is 0 Å². The van der Waals surface area contributed by atoms with Crippen molar-refractivity contribution in [1.29, 1.82) is 0 Å². The summed E-state index contributed by atoms with van der Waals surface area (Å²) in [4.78, 5) is 0. The molecule has 2 rings (SSSR count). The molecule has 2 N–H and O–H groups in total. The van der Waals surface area contributed by atoms with Crippen molar-refractivity contribution >= 4 is 53.5 Å². The predicted molar refractivity (Wildman–Crippen MR) is 89.7 cm³/mol. The molecule has 2 nitrogen and oxygen atoms in total. The minimum atomic E-state index is 0.273. The van der Waals surface area contributed by atoms with E-state index < -0.39 is 0 Å². The highest BCUT2D eigenvalue weighted by atomic mass is 79.9. The van der Waals surface area contributed by atoms with Gasteiger partial charge in [0.15, 0.2) is 0 Å². The molecule has 0 aliphatic rings. The van der Waals surface area contributed by atoms with Gasteiger partial charge in [0.05, 0.1) is 10.2 Å². The van der Waals surface area contributed by atoms with Crippen molar-refractivity contribution in [3.63, 3.8) is 0 Å². The normalized spacial score (nSPS) is 10.5. The van der Waals surface area contributed by atoms with Gasteiger partial charge < -0.3 is 10.4 Å². The Labute approximate surface area is 137 Å². The second-order valence-electron chi connectivity index (χ2n) is 4.20. The Bertz CT molecular complexity index is 591. The van der Waals surface area contributed by atoms with Crippen LogP contribution in [0, 0.1) is 6.92 Å². The first-order valence-electron chi connectivity index (χ1n) is 5.65. The SMILES string of the molecule is Cc1cc(Br)c(NCc2cccc(Br)c2O)c(Br)c1. The maximum absolute atomic E-state index is 9.95. The van der Waals surface area contributed by atoms with E-state index in [1.54, 1.807) is 0 Å². The molecule has 0 aromatic heterocycles. The Morgan fingerprint density at radius 3 is 2.32 bits per heavy atom. The minimum Gasteiger partial charge on any atom is -0.506 e. The number of phenols is 1. The van der Waals surface area contributed by atoms with Gasteiger partial charge in [0.2, 0.25) is 0 Å². The molecule has 0 fully saturated rings. The van der Waals surface area contributed by atoms with E-state index in [4.69, 9.17) is 0 Å². The summed E-state index contributed by atoms with van der Waals surface area (Å²) in [5.41, 5.74) is 2.99. The average Bonchev–Trinajstić information content (AvgIpc) is 2.33. The number of aromatic hydroxyl groups is 1. The Morgan fingerprint density at radius 2 is 1.68 bits per heavy atom. The number of para-hydroxylation sites is 1. The molecule has 0 aliphatic heterocycles. The van der Waals surface area contributed by atoms with Crippen molar-refractivity contribution in [2.45, 2.75) is 13.5 Å². The van der Waals surface area contributed by atoms with E-state index in [0.717, 1.165) is 20.2 Å². The van der Waals surface area contributed by atoms with Crippen molar-refractivity contribution < 1.29 is 5.11 Å². The van der Waals surface area contributed by atoms with Crippen molar-refractivity contribution in [2.24, 2.45) is 0 Å². The van der Waals surface area contributed by atoms with E-state index >= 15 is 0 Å². The number of hydrogen-bond donors (Lipinski definition) is 2. The molecule has 0 radical (unpaired) electrons. The van der Waals surface area contributed by atoms with Crippen molar-refractivity contribution in [3.8, 4) is 5.75 Å². The Balaban J connectivity index is 2.22. The third kappa shape index (κ3) is 3.52. The van der Waals surface area contributed by atoms with E-state index in [2.05, 4.69) is 53.1 Å². The number of rotatable bonds is 3. The van der Waals surface area contributed by atoms with E-state index in [1.165, 1.54) is 5.56 Å². The molecule has 0 saturated carbocycles. The molecule has 0 unspecified atom stereocenters. The highest BCUT2D eigenvalue weighted by Crippen LogP contribution is 2.34. The van der Waals surface area contributed by atoms with Crippen LogP contribution in [-0.4, -0.2) is 5.11 Å². The first-order chi connectivity index (χ1) is 8.99. The second kappa shape index (κ2) is 6.29. The molecule has 5 heteroatoms. The van der Waals surface area contributed by atoms with Crippen LogP contribution in [0.15, 0.2) is 43.7 Å². The summed E-state index contributed by atoms with van der Waals surface area (Å²) < 4.78 is 2.69. The van der Waals surface area contributed by atoms with Crippen LogP contribution >= 0.6 is 47.8 Å². The fraction of sp³-hybridized carbons (Fsp3) is 0.143. The summed E-state index contributed by atoms with van der Waals surface area (Å²) in [5.74, 6) is 0.273. The van der Waals surface area contributed by atoms with Gasteiger partial charge >= 0.3 is 0 Å². The minimum absolute atomic E-state index is 0.273. The molecule has 0 spiro atoms. The van der Waals surface area contributed by atoms with Gasteiger partial charge in [-0.1, -0.05) is 12.1 Å². The lowest BCUT2D eigenvalue weighted by molar-refractivity contribution is 0.465. The van der Waals surface area contributed by atoms with Crippen LogP contribution in [-0.2, 0) is 6.54 Å². The maximum atomic E-state index is 9.95. The number of anilines is 1. The molecule has 19 heavy (non-hydrogen) atoms. The maximum Gasteiger partial charge on any atom is 0.134 e. The van der Waals surface area contributed by atoms with Crippen LogP contribution in [0.3, 0.4) is 0 Å². The highest BCUT2D eigenvalue weighted by Gasteiger charge is 2.08. The third-order valence-corrected chi connectivity index (χ3v) is 4.60. The summed E-state index contributed by atoms with van der Waals surface area (Å²) in [7, 11) is 0. The standard InChI is InChI=1S/C14H12Br3NO/c1-8-5-11(16)13(12(17)6-8)18-7-9-3-2-4-10(15)14(9)19/h2-6,18-19H,7H2,1H3. The van der Waals surface area contributed by atoms with Gasteiger partial charge in [-0.15, -0.1) is 0 Å². The fourth-order valence-corrected chi connectivity index (χ4v) is 3.86. The average molecular weight is 450 g/mol. The van der Waals surface area contributed by atoms with Crippen LogP contribution in [0.5, 0.6) is 5.75 Å². The van der Waals surface area contributed by atoms with Gasteiger partial charge in [0.25, 0.3) is 0 Å². The Morgan fingerprint density at radius 1 is 1.05 bits per heavy atom. The number of nitrogens with one attached hydrogen (secondary N) is 1. The quantitative estimate of drug-likeness (QED) is 0.639.